The van der Waals surface area contributed by atoms with Crippen LogP contribution in [0.15, 0.2) is 42.5 Å². The molecule has 0 aliphatic carbocycles. The number of primary amides is 1. The van der Waals surface area contributed by atoms with Crippen LogP contribution in [0, 0.1) is 0 Å². The fourth-order valence-corrected chi connectivity index (χ4v) is 2.89. The molecule has 0 saturated carbocycles. The van der Waals surface area contributed by atoms with E-state index in [0.29, 0.717) is 11.3 Å². The summed E-state index contributed by atoms with van der Waals surface area (Å²) in [5, 5.41) is 0. The highest BCUT2D eigenvalue weighted by molar-refractivity contribution is 5.99. The van der Waals surface area contributed by atoms with Crippen molar-refractivity contribution in [3.8, 4) is 0 Å². The van der Waals surface area contributed by atoms with Crippen molar-refractivity contribution in [2.75, 3.05) is 17.2 Å². The van der Waals surface area contributed by atoms with Gasteiger partial charge in [0.05, 0.1) is 5.56 Å². The molecule has 1 amide bonds. The van der Waals surface area contributed by atoms with E-state index in [4.69, 9.17) is 11.5 Å². The monoisotopic (exact) mass is 281 g/mol. The fraction of sp³-hybridized carbons (Fsp3) is 0.235. The summed E-state index contributed by atoms with van der Waals surface area (Å²) in [6.07, 6.45) is 3.38. The number of rotatable bonds is 2. The van der Waals surface area contributed by atoms with Crippen LogP contribution in [0.3, 0.4) is 0 Å². The van der Waals surface area contributed by atoms with Gasteiger partial charge in [-0.2, -0.15) is 0 Å². The van der Waals surface area contributed by atoms with E-state index in [-0.39, 0.29) is 0 Å². The number of nitrogen functional groups attached to an aromatic ring is 1. The zero-order valence-corrected chi connectivity index (χ0v) is 11.9. The Morgan fingerprint density at radius 1 is 1.10 bits per heavy atom. The predicted molar refractivity (Wildman–Crippen MR) is 85.8 cm³/mol. The first kappa shape index (κ1) is 13.5. The van der Waals surface area contributed by atoms with Crippen LogP contribution in [-0.2, 0) is 6.42 Å². The number of carbonyl (C=O) groups excluding carboxylic acids is 1. The predicted octanol–water partition coefficient (Wildman–Crippen LogP) is 2.84. The summed E-state index contributed by atoms with van der Waals surface area (Å²) in [6.45, 7) is 0.930. The molecule has 1 heterocycles. The topological polar surface area (TPSA) is 72.4 Å². The summed E-state index contributed by atoms with van der Waals surface area (Å²) in [6, 6.07) is 13.9. The number of hydrogen-bond donors (Lipinski definition) is 2. The van der Waals surface area contributed by atoms with Crippen molar-refractivity contribution in [3.63, 3.8) is 0 Å². The molecule has 0 saturated heterocycles. The second-order valence-corrected chi connectivity index (χ2v) is 5.37. The first-order valence-corrected chi connectivity index (χ1v) is 7.21. The Balaban J connectivity index is 2.08. The first-order valence-electron chi connectivity index (χ1n) is 7.21. The van der Waals surface area contributed by atoms with Gasteiger partial charge < -0.3 is 16.4 Å². The van der Waals surface area contributed by atoms with Gasteiger partial charge in [-0.15, -0.1) is 0 Å². The lowest BCUT2D eigenvalue weighted by Crippen LogP contribution is -2.20. The van der Waals surface area contributed by atoms with Crippen molar-refractivity contribution in [1.29, 1.82) is 0 Å². The van der Waals surface area contributed by atoms with Gasteiger partial charge in [0, 0.05) is 23.6 Å². The average molecular weight is 281 g/mol. The molecule has 4 N–H and O–H groups in total. The Hall–Kier alpha value is -2.49. The minimum Gasteiger partial charge on any atom is -0.398 e. The molecule has 0 radical (unpaired) electrons. The van der Waals surface area contributed by atoms with Gasteiger partial charge in [-0.05, 0) is 49.1 Å². The normalized spacial score (nSPS) is 14.4. The molecule has 1 aliphatic heterocycles. The Kier molecular flexibility index (Phi) is 3.52. The molecule has 0 spiro atoms. The van der Waals surface area contributed by atoms with Crippen LogP contribution in [0.4, 0.5) is 17.1 Å². The largest absolute Gasteiger partial charge is 0.398 e. The van der Waals surface area contributed by atoms with E-state index >= 15 is 0 Å². The van der Waals surface area contributed by atoms with E-state index in [2.05, 4.69) is 23.1 Å². The highest BCUT2D eigenvalue weighted by Crippen LogP contribution is 2.33. The van der Waals surface area contributed by atoms with Crippen molar-refractivity contribution >= 4 is 23.0 Å². The highest BCUT2D eigenvalue weighted by Gasteiger charge is 2.18. The molecule has 108 valence electrons. The zero-order chi connectivity index (χ0) is 14.8. The average Bonchev–Trinajstić information content (AvgIpc) is 2.70. The van der Waals surface area contributed by atoms with Crippen LogP contribution in [-0.4, -0.2) is 12.5 Å². The molecular formula is C17H19N3O. The van der Waals surface area contributed by atoms with Crippen LogP contribution >= 0.6 is 0 Å². The first-order chi connectivity index (χ1) is 10.2. The number of hydrogen-bond acceptors (Lipinski definition) is 3. The number of nitrogens with zero attached hydrogens (tertiary/aromatic N) is 1. The molecular weight excluding hydrogens is 262 g/mol. The smallest absolute Gasteiger partial charge is 0.250 e. The lowest BCUT2D eigenvalue weighted by molar-refractivity contribution is 0.100. The summed E-state index contributed by atoms with van der Waals surface area (Å²) >= 11 is 0. The van der Waals surface area contributed by atoms with Gasteiger partial charge in [0.1, 0.15) is 0 Å². The van der Waals surface area contributed by atoms with Gasteiger partial charge >= 0.3 is 0 Å². The summed E-state index contributed by atoms with van der Waals surface area (Å²) in [5.41, 5.74) is 15.5. The number of anilines is 3. The molecule has 4 nitrogen and oxygen atoms in total. The SMILES string of the molecule is NC(=O)c1cc(N2CCCCc3ccccc32)ccc1N. The highest BCUT2D eigenvalue weighted by atomic mass is 16.1. The lowest BCUT2D eigenvalue weighted by Gasteiger charge is -2.25. The molecule has 2 aromatic rings. The third-order valence-electron chi connectivity index (χ3n) is 3.97. The zero-order valence-electron chi connectivity index (χ0n) is 11.9. The number of fused-ring (bicyclic) bond motifs is 1. The van der Waals surface area contributed by atoms with Crippen LogP contribution in [0.5, 0.6) is 0 Å². The third-order valence-corrected chi connectivity index (χ3v) is 3.97. The molecule has 0 unspecified atom stereocenters. The molecule has 0 aromatic heterocycles. The second-order valence-electron chi connectivity index (χ2n) is 5.37. The minimum atomic E-state index is -0.488. The lowest BCUT2D eigenvalue weighted by atomic mass is 10.1. The van der Waals surface area contributed by atoms with E-state index in [9.17, 15) is 4.79 Å². The Bertz CT molecular complexity index is 681. The Morgan fingerprint density at radius 3 is 2.71 bits per heavy atom. The molecule has 2 aromatic carbocycles. The van der Waals surface area contributed by atoms with Crippen LogP contribution in [0.25, 0.3) is 0 Å². The number of aryl methyl sites for hydroxylation is 1. The van der Waals surface area contributed by atoms with E-state index in [1.165, 1.54) is 17.7 Å². The molecule has 4 heteroatoms. The van der Waals surface area contributed by atoms with E-state index < -0.39 is 5.91 Å². The van der Waals surface area contributed by atoms with Crippen LogP contribution < -0.4 is 16.4 Å². The number of benzene rings is 2. The summed E-state index contributed by atoms with van der Waals surface area (Å²) in [4.78, 5) is 13.7. The van der Waals surface area contributed by atoms with Crippen molar-refractivity contribution in [2.45, 2.75) is 19.3 Å². The van der Waals surface area contributed by atoms with Crippen molar-refractivity contribution in [2.24, 2.45) is 5.73 Å². The maximum atomic E-state index is 11.5. The molecule has 0 atom stereocenters. The molecule has 0 bridgehead atoms. The molecule has 0 fully saturated rings. The van der Waals surface area contributed by atoms with E-state index in [1.807, 2.05) is 12.1 Å². The summed E-state index contributed by atoms with van der Waals surface area (Å²) < 4.78 is 0. The fourth-order valence-electron chi connectivity index (χ4n) is 2.89. The molecule has 1 aliphatic rings. The van der Waals surface area contributed by atoms with E-state index in [1.54, 1.807) is 12.1 Å². The molecule has 3 rings (SSSR count). The third kappa shape index (κ3) is 2.57. The minimum absolute atomic E-state index is 0.384. The standard InChI is InChI=1S/C17H19N3O/c18-15-9-8-13(11-14(15)17(19)21)20-10-4-3-6-12-5-1-2-7-16(12)20/h1-2,5,7-9,11H,3-4,6,10,18H2,(H2,19,21). The number of nitrogens with two attached hydrogens (primary N) is 2. The van der Waals surface area contributed by atoms with Crippen LogP contribution in [0.2, 0.25) is 0 Å². The van der Waals surface area contributed by atoms with Gasteiger partial charge in [0.25, 0.3) is 5.91 Å². The van der Waals surface area contributed by atoms with Crippen molar-refractivity contribution < 1.29 is 4.79 Å². The van der Waals surface area contributed by atoms with Gasteiger partial charge in [0.15, 0.2) is 0 Å². The van der Waals surface area contributed by atoms with Gasteiger partial charge in [0.2, 0.25) is 0 Å². The van der Waals surface area contributed by atoms with Crippen LogP contribution in [0.1, 0.15) is 28.8 Å². The van der Waals surface area contributed by atoms with Gasteiger partial charge in [-0.3, -0.25) is 4.79 Å². The second kappa shape index (κ2) is 5.48. The quantitative estimate of drug-likeness (QED) is 0.831. The maximum absolute atomic E-state index is 11.5. The summed E-state index contributed by atoms with van der Waals surface area (Å²) in [5.74, 6) is -0.488. The number of para-hydroxylation sites is 1. The van der Waals surface area contributed by atoms with E-state index in [0.717, 1.165) is 25.1 Å². The van der Waals surface area contributed by atoms with Crippen molar-refractivity contribution in [1.82, 2.24) is 0 Å². The van der Waals surface area contributed by atoms with Gasteiger partial charge in [-0.1, -0.05) is 18.2 Å². The van der Waals surface area contributed by atoms with Crippen molar-refractivity contribution in [3.05, 3.63) is 53.6 Å². The number of carbonyl (C=O) groups is 1. The maximum Gasteiger partial charge on any atom is 0.250 e. The Morgan fingerprint density at radius 2 is 1.90 bits per heavy atom. The summed E-state index contributed by atoms with van der Waals surface area (Å²) in [7, 11) is 0. The molecule has 21 heavy (non-hydrogen) atoms. The number of amides is 1. The Labute approximate surface area is 124 Å². The van der Waals surface area contributed by atoms with Gasteiger partial charge in [-0.25, -0.2) is 0 Å².